The number of carboxylic acid groups (broad SMARTS) is 1. The summed E-state index contributed by atoms with van der Waals surface area (Å²) < 4.78 is 17.2. The molecule has 0 spiro atoms. The lowest BCUT2D eigenvalue weighted by Crippen LogP contribution is -2.31. The second-order valence-electron chi connectivity index (χ2n) is 10.9. The van der Waals surface area contributed by atoms with Gasteiger partial charge in [-0.1, -0.05) is 65.7 Å². The number of carbonyl (C=O) groups excluding carboxylic acids is 1. The van der Waals surface area contributed by atoms with Crippen molar-refractivity contribution in [1.29, 1.82) is 0 Å². The second-order valence-corrected chi connectivity index (χ2v) is 12.8. The first kappa shape index (κ1) is 40.8. The fourth-order valence-corrected chi connectivity index (χ4v) is 5.29. The number of pyridine rings is 2. The molecule has 6 rings (SSSR count). The van der Waals surface area contributed by atoms with Crippen LogP contribution in [0.5, 0.6) is 11.5 Å². The van der Waals surface area contributed by atoms with Gasteiger partial charge in [-0.15, -0.1) is 0 Å². The van der Waals surface area contributed by atoms with Crippen LogP contribution in [-0.4, -0.2) is 51.3 Å². The van der Waals surface area contributed by atoms with E-state index in [1.165, 1.54) is 19.4 Å². The SMILES string of the molecule is COC(=O)c1cccc(COc2ccc(I)cc2)c1.O=C(O)c1cccc(COc2ccc(-c3cccnc3Cl)cc2)c1.OB(O)c1cccnc1Cl. The molecule has 0 atom stereocenters. The normalized spacial score (nSPS) is 10.1. The molecule has 0 radical (unpaired) electrons. The first-order valence-corrected chi connectivity index (χ1v) is 17.6. The van der Waals surface area contributed by atoms with Crippen molar-refractivity contribution < 1.29 is 39.0 Å². The molecule has 0 saturated heterocycles. The summed E-state index contributed by atoms with van der Waals surface area (Å²) in [5, 5.41) is 26.8. The standard InChI is InChI=1S/C19H14ClNO3.C15H13IO3.C5H5BClNO2/c20-18-17(5-2-10-21-18)14-6-8-16(9-7-14)24-12-13-3-1-4-15(11-13)19(22)23;1-18-15(17)12-4-2-3-11(9-12)10-19-14-7-5-13(16)6-8-14;7-5-4(6(9)10)2-1-3-8-5/h1-11H,12H2,(H,22,23);2-9H,10H2,1H3;1-3,9-10H. The Morgan fingerprint density at radius 1 is 0.698 bits per heavy atom. The second kappa shape index (κ2) is 20.9. The monoisotopic (exact) mass is 864 g/mol. The summed E-state index contributed by atoms with van der Waals surface area (Å²) in [6.45, 7) is 0.722. The molecule has 2 aromatic heterocycles. The molecule has 0 unspecified atom stereocenters. The molecule has 0 bridgehead atoms. The Kier molecular flexibility index (Phi) is 16.1. The molecule has 0 fully saturated rings. The number of rotatable bonds is 10. The summed E-state index contributed by atoms with van der Waals surface area (Å²) in [6, 6.07) is 36.1. The molecular formula is C39H32BCl2IN2O8. The number of carbonyl (C=O) groups is 2. The average Bonchev–Trinajstić information content (AvgIpc) is 3.18. The van der Waals surface area contributed by atoms with E-state index in [1.807, 2.05) is 78.9 Å². The lowest BCUT2D eigenvalue weighted by Gasteiger charge is -2.08. The molecule has 0 saturated carbocycles. The number of carboxylic acids is 1. The fourth-order valence-electron chi connectivity index (χ4n) is 4.49. The van der Waals surface area contributed by atoms with Gasteiger partial charge in [0.05, 0.1) is 18.2 Å². The van der Waals surface area contributed by atoms with Gasteiger partial charge in [0.15, 0.2) is 0 Å². The molecule has 0 aliphatic carbocycles. The molecule has 0 aliphatic heterocycles. The smallest absolute Gasteiger partial charge is 0.489 e. The largest absolute Gasteiger partial charge is 0.491 e. The third kappa shape index (κ3) is 13.2. The van der Waals surface area contributed by atoms with E-state index in [0.29, 0.717) is 29.7 Å². The first-order valence-electron chi connectivity index (χ1n) is 15.7. The van der Waals surface area contributed by atoms with Crippen LogP contribution in [0.25, 0.3) is 11.1 Å². The van der Waals surface area contributed by atoms with Crippen molar-refractivity contribution in [3.63, 3.8) is 0 Å². The fraction of sp³-hybridized carbons (Fsp3) is 0.0769. The highest BCUT2D eigenvalue weighted by Crippen LogP contribution is 2.27. The van der Waals surface area contributed by atoms with E-state index in [-0.39, 0.29) is 22.1 Å². The third-order valence-corrected chi connectivity index (χ3v) is 8.47. The molecule has 14 heteroatoms. The summed E-state index contributed by atoms with van der Waals surface area (Å²) in [7, 11) is -0.168. The van der Waals surface area contributed by atoms with E-state index in [1.54, 1.807) is 42.6 Å². The van der Waals surface area contributed by atoms with Crippen LogP contribution in [0.2, 0.25) is 10.3 Å². The Balaban J connectivity index is 0.000000192. The lowest BCUT2D eigenvalue weighted by molar-refractivity contribution is 0.0599. The molecule has 3 N–H and O–H groups in total. The van der Waals surface area contributed by atoms with Crippen molar-refractivity contribution in [2.24, 2.45) is 0 Å². The predicted molar refractivity (Wildman–Crippen MR) is 213 cm³/mol. The van der Waals surface area contributed by atoms with Crippen LogP contribution < -0.4 is 14.9 Å². The summed E-state index contributed by atoms with van der Waals surface area (Å²) in [5.41, 5.74) is 4.55. The zero-order valence-corrected chi connectivity index (χ0v) is 31.8. The van der Waals surface area contributed by atoms with Gasteiger partial charge in [0.25, 0.3) is 0 Å². The van der Waals surface area contributed by atoms with Gasteiger partial charge in [0.1, 0.15) is 35.0 Å². The predicted octanol–water partition coefficient (Wildman–Crippen LogP) is 7.75. The maximum Gasteiger partial charge on any atom is 0.491 e. The molecular weight excluding hydrogens is 833 g/mol. The van der Waals surface area contributed by atoms with Crippen molar-refractivity contribution in [2.45, 2.75) is 13.2 Å². The van der Waals surface area contributed by atoms with E-state index >= 15 is 0 Å². The number of halogens is 3. The average molecular weight is 865 g/mol. The van der Waals surface area contributed by atoms with Gasteiger partial charge in [-0.05, 0) is 118 Å². The van der Waals surface area contributed by atoms with Gasteiger partial charge in [-0.3, -0.25) is 0 Å². The zero-order chi connectivity index (χ0) is 38.2. The minimum Gasteiger partial charge on any atom is -0.489 e. The van der Waals surface area contributed by atoms with Crippen molar-refractivity contribution in [3.8, 4) is 22.6 Å². The first-order chi connectivity index (χ1) is 25.5. The van der Waals surface area contributed by atoms with Gasteiger partial charge in [-0.2, -0.15) is 0 Å². The quantitative estimate of drug-likeness (QED) is 0.0541. The highest BCUT2D eigenvalue weighted by atomic mass is 127. The Labute approximate surface area is 330 Å². The molecule has 10 nitrogen and oxygen atoms in total. The summed E-state index contributed by atoms with van der Waals surface area (Å²) in [4.78, 5) is 30.1. The van der Waals surface area contributed by atoms with Crippen LogP contribution in [-0.2, 0) is 18.0 Å². The number of nitrogens with zero attached hydrogens (tertiary/aromatic N) is 2. The molecule has 0 aliphatic rings. The summed E-state index contributed by atoms with van der Waals surface area (Å²) >= 11 is 13.8. The minimum absolute atomic E-state index is 0.123. The van der Waals surface area contributed by atoms with E-state index in [2.05, 4.69) is 37.3 Å². The van der Waals surface area contributed by atoms with E-state index < -0.39 is 13.1 Å². The molecule has 4 aromatic carbocycles. The zero-order valence-electron chi connectivity index (χ0n) is 28.1. The van der Waals surface area contributed by atoms with Gasteiger partial charge >= 0.3 is 19.1 Å². The topological polar surface area (TPSA) is 148 Å². The number of hydrogen-bond acceptors (Lipinski definition) is 9. The number of methoxy groups -OCH3 is 1. The van der Waals surface area contributed by atoms with Gasteiger partial charge < -0.3 is 29.4 Å². The number of aromatic nitrogens is 2. The van der Waals surface area contributed by atoms with Crippen LogP contribution >= 0.6 is 45.8 Å². The molecule has 0 amide bonds. The number of hydrogen-bond donors (Lipinski definition) is 3. The highest BCUT2D eigenvalue weighted by Gasteiger charge is 2.14. The van der Waals surface area contributed by atoms with Crippen LogP contribution in [0.3, 0.4) is 0 Å². The Bertz CT molecular complexity index is 2110. The van der Waals surface area contributed by atoms with Gasteiger partial charge in [-0.25, -0.2) is 19.6 Å². The molecule has 2 heterocycles. The maximum atomic E-state index is 11.4. The minimum atomic E-state index is -1.54. The van der Waals surface area contributed by atoms with Crippen LogP contribution in [0.15, 0.2) is 134 Å². The number of benzene rings is 4. The van der Waals surface area contributed by atoms with Crippen molar-refractivity contribution >= 4 is 70.3 Å². The van der Waals surface area contributed by atoms with Crippen LogP contribution in [0.4, 0.5) is 0 Å². The number of ether oxygens (including phenoxy) is 3. The summed E-state index contributed by atoms with van der Waals surface area (Å²) in [5.74, 6) is 0.217. The summed E-state index contributed by atoms with van der Waals surface area (Å²) in [6.07, 6.45) is 3.13. The van der Waals surface area contributed by atoms with Crippen molar-refractivity contribution in [2.75, 3.05) is 7.11 Å². The van der Waals surface area contributed by atoms with E-state index in [0.717, 1.165) is 31.6 Å². The molecule has 6 aromatic rings. The Morgan fingerprint density at radius 2 is 1.23 bits per heavy atom. The third-order valence-electron chi connectivity index (χ3n) is 7.14. The molecule has 270 valence electrons. The highest BCUT2D eigenvalue weighted by molar-refractivity contribution is 14.1. The Hall–Kier alpha value is -4.99. The van der Waals surface area contributed by atoms with Crippen LogP contribution in [0, 0.1) is 3.57 Å². The maximum absolute atomic E-state index is 11.4. The van der Waals surface area contributed by atoms with Crippen molar-refractivity contribution in [3.05, 3.63) is 170 Å². The van der Waals surface area contributed by atoms with E-state index in [4.69, 9.17) is 47.8 Å². The lowest BCUT2D eigenvalue weighted by atomic mass is 9.82. The molecule has 53 heavy (non-hydrogen) atoms. The van der Waals surface area contributed by atoms with Gasteiger partial charge in [0.2, 0.25) is 0 Å². The number of aromatic carboxylic acids is 1. The van der Waals surface area contributed by atoms with Crippen LogP contribution in [0.1, 0.15) is 31.8 Å². The van der Waals surface area contributed by atoms with Crippen molar-refractivity contribution in [1.82, 2.24) is 9.97 Å². The van der Waals surface area contributed by atoms with Gasteiger partial charge in [0, 0.05) is 27.0 Å². The van der Waals surface area contributed by atoms with E-state index in [9.17, 15) is 9.59 Å². The number of esters is 1. The Morgan fingerprint density at radius 3 is 1.74 bits per heavy atom.